The Morgan fingerprint density at radius 2 is 0.940 bits per heavy atom. The Morgan fingerprint density at radius 1 is 0.522 bits per heavy atom. The van der Waals surface area contributed by atoms with Crippen LogP contribution in [0.4, 0.5) is 0 Å². The molecule has 0 aromatic carbocycles. The maximum absolute atomic E-state index is 12.8. The second-order valence-corrected chi connectivity index (χ2v) is 19.3. The molecule has 4 N–H and O–H groups in total. The van der Waals surface area contributed by atoms with Crippen molar-refractivity contribution in [3.8, 4) is 0 Å². The van der Waals surface area contributed by atoms with E-state index in [1.165, 1.54) is 103 Å². The van der Waals surface area contributed by atoms with Crippen LogP contribution in [-0.4, -0.2) is 96.0 Å². The van der Waals surface area contributed by atoms with Gasteiger partial charge in [0.05, 0.1) is 6.61 Å². The number of rotatable bonds is 43. The molecule has 0 aromatic rings. The van der Waals surface area contributed by atoms with Crippen molar-refractivity contribution >= 4 is 22.1 Å². The molecule has 67 heavy (non-hydrogen) atoms. The molecule has 0 spiro atoms. The van der Waals surface area contributed by atoms with E-state index in [-0.39, 0.29) is 19.4 Å². The fraction of sp³-hybridized carbons (Fsp3) is 0.741. The standard InChI is InChI=1S/C54H92O12S/c1-3-5-7-9-11-13-15-17-19-21-23-25-26-28-30-32-34-36-38-40-42-49(55)63-44-47(45-64-54-53(59)52(58)51(57)48(66-54)46-67(60,61)62)65-50(56)43-41-39-37-35-33-31-29-27-24-22-20-18-16-14-12-10-8-6-4-2/h6,8,12,14,18,20,24,27,31,33,37,39,47-48,51-54,57-59H,3-5,7,9-11,13,15-17,19,21-23,25-26,28-30,32,34-36,38,40-46H2,1-2H3,(H,60,61,62)/b8-6+,14-12+,20-18+,27-24+,33-31+,39-37+/t47-,48-,51-,52?,53?,54+/m1/s1. The van der Waals surface area contributed by atoms with Crippen LogP contribution in [0, 0.1) is 0 Å². The zero-order chi connectivity index (χ0) is 49.1. The van der Waals surface area contributed by atoms with Crippen molar-refractivity contribution in [3.05, 3.63) is 72.9 Å². The Labute approximate surface area is 406 Å². The molecule has 1 fully saturated rings. The van der Waals surface area contributed by atoms with Crippen LogP contribution in [-0.2, 0) is 38.7 Å². The maximum Gasteiger partial charge on any atom is 0.306 e. The first-order valence-corrected chi connectivity index (χ1v) is 27.6. The van der Waals surface area contributed by atoms with Crippen LogP contribution in [0.2, 0.25) is 0 Å². The number of carbonyl (C=O) groups excluding carboxylic acids is 2. The van der Waals surface area contributed by atoms with Crippen LogP contribution in [0.3, 0.4) is 0 Å². The molecule has 1 saturated heterocycles. The van der Waals surface area contributed by atoms with Gasteiger partial charge in [-0.05, 0) is 51.4 Å². The summed E-state index contributed by atoms with van der Waals surface area (Å²) in [6.07, 6.45) is 46.7. The third-order valence-electron chi connectivity index (χ3n) is 11.6. The zero-order valence-electron chi connectivity index (χ0n) is 41.5. The van der Waals surface area contributed by atoms with Gasteiger partial charge in [-0.3, -0.25) is 14.1 Å². The van der Waals surface area contributed by atoms with E-state index in [4.69, 9.17) is 18.9 Å². The fourth-order valence-corrected chi connectivity index (χ4v) is 8.28. The van der Waals surface area contributed by atoms with E-state index in [9.17, 15) is 37.9 Å². The molecule has 1 aliphatic heterocycles. The Balaban J connectivity index is 2.42. The molecule has 0 aromatic heterocycles. The van der Waals surface area contributed by atoms with Crippen molar-refractivity contribution in [2.75, 3.05) is 19.0 Å². The highest BCUT2D eigenvalue weighted by atomic mass is 32.2. The zero-order valence-corrected chi connectivity index (χ0v) is 42.3. The van der Waals surface area contributed by atoms with Crippen LogP contribution in [0.25, 0.3) is 0 Å². The van der Waals surface area contributed by atoms with E-state index < -0.39 is 71.2 Å². The van der Waals surface area contributed by atoms with Crippen LogP contribution < -0.4 is 0 Å². The first-order chi connectivity index (χ1) is 32.5. The van der Waals surface area contributed by atoms with Crippen molar-refractivity contribution in [3.63, 3.8) is 0 Å². The quantitative estimate of drug-likeness (QED) is 0.0196. The van der Waals surface area contributed by atoms with Gasteiger partial charge in [0.1, 0.15) is 36.8 Å². The van der Waals surface area contributed by atoms with Crippen LogP contribution in [0.15, 0.2) is 72.9 Å². The highest BCUT2D eigenvalue weighted by Gasteiger charge is 2.46. The predicted molar refractivity (Wildman–Crippen MR) is 270 cm³/mol. The molecule has 13 heteroatoms. The smallest absolute Gasteiger partial charge is 0.306 e. The minimum Gasteiger partial charge on any atom is -0.462 e. The minimum atomic E-state index is -4.62. The summed E-state index contributed by atoms with van der Waals surface area (Å²) >= 11 is 0. The monoisotopic (exact) mass is 965 g/mol. The first-order valence-electron chi connectivity index (χ1n) is 26.0. The number of ether oxygens (including phenoxy) is 4. The topological polar surface area (TPSA) is 186 Å². The van der Waals surface area contributed by atoms with Gasteiger partial charge in [0, 0.05) is 12.8 Å². The van der Waals surface area contributed by atoms with Crippen LogP contribution in [0.5, 0.6) is 0 Å². The third-order valence-corrected chi connectivity index (χ3v) is 12.3. The Morgan fingerprint density at radius 3 is 1.37 bits per heavy atom. The summed E-state index contributed by atoms with van der Waals surface area (Å²) in [7, 11) is -4.62. The number of hydrogen-bond acceptors (Lipinski definition) is 11. The Bertz CT molecular complexity index is 1500. The molecule has 1 aliphatic rings. The molecule has 0 bridgehead atoms. The molecule has 0 saturated carbocycles. The highest BCUT2D eigenvalue weighted by molar-refractivity contribution is 7.85. The number of carbonyl (C=O) groups is 2. The Kier molecular flexibility index (Phi) is 40.0. The van der Waals surface area contributed by atoms with Crippen molar-refractivity contribution in [1.82, 2.24) is 0 Å². The van der Waals surface area contributed by atoms with Crippen molar-refractivity contribution in [2.24, 2.45) is 0 Å². The summed E-state index contributed by atoms with van der Waals surface area (Å²) in [6.45, 7) is 3.61. The lowest BCUT2D eigenvalue weighted by Gasteiger charge is -2.40. The normalized spacial score (nSPS) is 19.9. The van der Waals surface area contributed by atoms with Gasteiger partial charge in [-0.15, -0.1) is 0 Å². The highest BCUT2D eigenvalue weighted by Crippen LogP contribution is 2.24. The van der Waals surface area contributed by atoms with Gasteiger partial charge < -0.3 is 34.3 Å². The van der Waals surface area contributed by atoms with Gasteiger partial charge in [-0.2, -0.15) is 8.42 Å². The molecule has 1 rings (SSSR count). The largest absolute Gasteiger partial charge is 0.462 e. The van der Waals surface area contributed by atoms with Gasteiger partial charge in [0.15, 0.2) is 12.4 Å². The minimum absolute atomic E-state index is 0.0376. The van der Waals surface area contributed by atoms with E-state index >= 15 is 0 Å². The van der Waals surface area contributed by atoms with Gasteiger partial charge in [0.2, 0.25) is 0 Å². The summed E-state index contributed by atoms with van der Waals surface area (Å²) in [5, 5.41) is 31.0. The molecule has 1 heterocycles. The molecule has 0 amide bonds. The molecule has 2 unspecified atom stereocenters. The van der Waals surface area contributed by atoms with Crippen molar-refractivity contribution in [1.29, 1.82) is 0 Å². The van der Waals surface area contributed by atoms with Crippen molar-refractivity contribution in [2.45, 2.75) is 237 Å². The van der Waals surface area contributed by atoms with Crippen molar-refractivity contribution < 1.29 is 56.8 Å². The number of unbranched alkanes of at least 4 members (excludes halogenated alkanes) is 19. The summed E-state index contributed by atoms with van der Waals surface area (Å²) < 4.78 is 54.2. The van der Waals surface area contributed by atoms with Crippen LogP contribution >= 0.6 is 0 Å². The number of hydrogen-bond donors (Lipinski definition) is 4. The third kappa shape index (κ3) is 37.6. The first kappa shape index (κ1) is 62.1. The van der Waals surface area contributed by atoms with Gasteiger partial charge >= 0.3 is 11.9 Å². The van der Waals surface area contributed by atoms with E-state index in [2.05, 4.69) is 74.6 Å². The summed E-state index contributed by atoms with van der Waals surface area (Å²) in [5.74, 6) is -2.09. The van der Waals surface area contributed by atoms with E-state index in [0.29, 0.717) is 19.3 Å². The second-order valence-electron chi connectivity index (χ2n) is 17.8. The molecular formula is C54H92O12S. The average molecular weight is 965 g/mol. The lowest BCUT2D eigenvalue weighted by Crippen LogP contribution is -2.60. The maximum atomic E-state index is 12.8. The Hall–Kier alpha value is -2.91. The fourth-order valence-electron chi connectivity index (χ4n) is 7.59. The van der Waals surface area contributed by atoms with Gasteiger partial charge in [-0.25, -0.2) is 0 Å². The van der Waals surface area contributed by atoms with Gasteiger partial charge in [0.25, 0.3) is 10.1 Å². The van der Waals surface area contributed by atoms with Gasteiger partial charge in [-0.1, -0.05) is 209 Å². The van der Waals surface area contributed by atoms with E-state index in [1.54, 1.807) is 0 Å². The lowest BCUT2D eigenvalue weighted by molar-refractivity contribution is -0.297. The van der Waals surface area contributed by atoms with E-state index in [1.807, 2.05) is 12.2 Å². The summed E-state index contributed by atoms with van der Waals surface area (Å²) in [6, 6.07) is 0. The molecule has 386 valence electrons. The number of allylic oxidation sites excluding steroid dienone is 12. The lowest BCUT2D eigenvalue weighted by atomic mass is 10.00. The van der Waals surface area contributed by atoms with E-state index in [0.717, 1.165) is 51.4 Å². The average Bonchev–Trinajstić information content (AvgIpc) is 3.30. The summed E-state index contributed by atoms with van der Waals surface area (Å²) in [5.41, 5.74) is 0. The molecular weight excluding hydrogens is 873 g/mol. The molecule has 0 radical (unpaired) electrons. The van der Waals surface area contributed by atoms with Crippen LogP contribution in [0.1, 0.15) is 200 Å². The predicted octanol–water partition coefficient (Wildman–Crippen LogP) is 11.8. The number of aliphatic hydroxyl groups excluding tert-OH is 3. The summed E-state index contributed by atoms with van der Waals surface area (Å²) in [4.78, 5) is 25.5. The molecule has 0 aliphatic carbocycles. The SMILES string of the molecule is CC/C=C/C/C=C/C/C=C/C/C=C/C/C=C/C/C=C/CCC(=O)O[C@H](COC(=O)CCCCCCCCCCCCCCCCCCCCCC)CO[C@H]1O[C@H](CS(=O)(=O)O)[C@@H](O)C(O)C1O. The molecule has 12 nitrogen and oxygen atoms in total. The molecule has 6 atom stereocenters. The number of esters is 2. The second kappa shape index (κ2) is 43.1. The number of aliphatic hydroxyl groups is 3.